The van der Waals surface area contributed by atoms with Gasteiger partial charge in [-0.05, 0) is 90.2 Å². The van der Waals surface area contributed by atoms with E-state index in [-0.39, 0.29) is 5.56 Å². The van der Waals surface area contributed by atoms with Crippen molar-refractivity contribution in [1.29, 1.82) is 0 Å². The largest absolute Gasteiger partial charge is 0.497 e. The molecule has 10 nitrogen and oxygen atoms in total. The van der Waals surface area contributed by atoms with Crippen molar-refractivity contribution >= 4 is 34.1 Å². The number of aryl methyl sites for hydroxylation is 1. The third-order valence-electron chi connectivity index (χ3n) is 9.84. The molecule has 262 valence electrons. The van der Waals surface area contributed by atoms with Gasteiger partial charge >= 0.3 is 5.63 Å². The van der Waals surface area contributed by atoms with Crippen LogP contribution >= 0.6 is 11.3 Å². The summed E-state index contributed by atoms with van der Waals surface area (Å²) in [5.41, 5.74) is 6.78. The van der Waals surface area contributed by atoms with Crippen molar-refractivity contribution in [3.63, 3.8) is 0 Å². The van der Waals surface area contributed by atoms with Crippen LogP contribution in [0.5, 0.6) is 17.2 Å². The van der Waals surface area contributed by atoms with Crippen molar-refractivity contribution < 1.29 is 18.6 Å². The average Bonchev–Trinajstić information content (AvgIpc) is 3.76. The lowest BCUT2D eigenvalue weighted by molar-refractivity contribution is 0.354. The predicted octanol–water partition coefficient (Wildman–Crippen LogP) is 6.30. The lowest BCUT2D eigenvalue weighted by Gasteiger charge is -2.31. The van der Waals surface area contributed by atoms with E-state index in [1.54, 1.807) is 48.8 Å². The molecule has 2 aliphatic rings. The topological polar surface area (TPSA) is 110 Å². The first-order chi connectivity index (χ1) is 25.9. The van der Waals surface area contributed by atoms with Crippen LogP contribution in [0.4, 0.5) is 0 Å². The first kappa shape index (κ1) is 32.4. The van der Waals surface area contributed by atoms with Crippen molar-refractivity contribution in [2.75, 3.05) is 21.3 Å². The molecule has 0 radical (unpaired) electrons. The molecule has 0 saturated carbocycles. The van der Waals surface area contributed by atoms with Gasteiger partial charge in [0.2, 0.25) is 0 Å². The highest BCUT2D eigenvalue weighted by Gasteiger charge is 2.33. The molecule has 11 heteroatoms. The zero-order valence-electron chi connectivity index (χ0n) is 29.0. The normalized spacial score (nSPS) is 15.1. The highest BCUT2D eigenvalue weighted by molar-refractivity contribution is 7.07. The minimum Gasteiger partial charge on any atom is -0.497 e. The molecule has 7 aromatic rings. The molecule has 3 aromatic heterocycles. The Morgan fingerprint density at radius 1 is 0.830 bits per heavy atom. The predicted molar refractivity (Wildman–Crippen MR) is 204 cm³/mol. The van der Waals surface area contributed by atoms with Crippen LogP contribution in [-0.2, 0) is 6.42 Å². The summed E-state index contributed by atoms with van der Waals surface area (Å²) in [7, 11) is 4.87. The van der Waals surface area contributed by atoms with Gasteiger partial charge in [0.1, 0.15) is 17.0 Å². The SMILES string of the molecule is COc1ccc2c(c1)CCC1=C2N=c2sc(=Cc3cn(-c4ccccc4)nc3-c3cc4ccccc4oc3=O)c(=O)n2C1c1ccc(OC)c(OC)c1. The Morgan fingerprint density at radius 2 is 1.64 bits per heavy atom. The van der Waals surface area contributed by atoms with Crippen molar-refractivity contribution in [1.82, 2.24) is 14.3 Å². The van der Waals surface area contributed by atoms with Gasteiger partial charge in [0.05, 0.1) is 48.9 Å². The number of ether oxygens (including phenoxy) is 3. The first-order valence-electron chi connectivity index (χ1n) is 17.1. The van der Waals surface area contributed by atoms with Gasteiger partial charge in [-0.15, -0.1) is 0 Å². The van der Waals surface area contributed by atoms with Gasteiger partial charge in [-0.25, -0.2) is 14.5 Å². The molecule has 1 aliphatic carbocycles. The first-order valence-corrected chi connectivity index (χ1v) is 17.9. The van der Waals surface area contributed by atoms with E-state index in [0.717, 1.165) is 51.2 Å². The molecule has 4 heterocycles. The van der Waals surface area contributed by atoms with Crippen LogP contribution in [0.15, 0.2) is 128 Å². The second kappa shape index (κ2) is 12.9. The Kier molecular flexibility index (Phi) is 7.93. The van der Waals surface area contributed by atoms with E-state index < -0.39 is 11.7 Å². The van der Waals surface area contributed by atoms with Crippen molar-refractivity contribution in [2.24, 2.45) is 4.99 Å². The number of allylic oxidation sites excluding steroid dienone is 1. The Hall–Kier alpha value is -6.46. The lowest BCUT2D eigenvalue weighted by atomic mass is 9.83. The Bertz CT molecular complexity index is 2870. The van der Waals surface area contributed by atoms with Gasteiger partial charge in [0, 0.05) is 22.7 Å². The third-order valence-corrected chi connectivity index (χ3v) is 10.8. The van der Waals surface area contributed by atoms with Gasteiger partial charge in [0.25, 0.3) is 5.56 Å². The summed E-state index contributed by atoms with van der Waals surface area (Å²) in [4.78, 5) is 33.9. The van der Waals surface area contributed by atoms with E-state index in [1.807, 2.05) is 85.1 Å². The smallest absolute Gasteiger partial charge is 0.345 e. The van der Waals surface area contributed by atoms with E-state index in [0.29, 0.717) is 49.7 Å². The van der Waals surface area contributed by atoms with Crippen LogP contribution in [0.25, 0.3) is 39.7 Å². The number of aromatic nitrogens is 3. The monoisotopic (exact) mass is 720 g/mol. The van der Waals surface area contributed by atoms with E-state index in [9.17, 15) is 9.59 Å². The number of thiazole rings is 1. The molecule has 0 saturated heterocycles. The molecule has 1 atom stereocenters. The number of rotatable bonds is 7. The van der Waals surface area contributed by atoms with Crippen LogP contribution in [0.3, 0.4) is 0 Å². The fourth-order valence-electron chi connectivity index (χ4n) is 7.29. The molecule has 0 bridgehead atoms. The molecule has 53 heavy (non-hydrogen) atoms. The second-order valence-electron chi connectivity index (χ2n) is 12.8. The fourth-order valence-corrected chi connectivity index (χ4v) is 8.29. The van der Waals surface area contributed by atoms with E-state index >= 15 is 0 Å². The highest BCUT2D eigenvalue weighted by atomic mass is 32.1. The molecule has 0 amide bonds. The van der Waals surface area contributed by atoms with Crippen molar-refractivity contribution in [3.8, 4) is 34.2 Å². The number of nitrogens with zero attached hydrogens (tertiary/aromatic N) is 4. The van der Waals surface area contributed by atoms with E-state index in [2.05, 4.69) is 6.07 Å². The summed E-state index contributed by atoms with van der Waals surface area (Å²) in [5.74, 6) is 1.96. The molecule has 0 fully saturated rings. The summed E-state index contributed by atoms with van der Waals surface area (Å²) in [6.07, 6.45) is 5.10. The molecular weight excluding hydrogens is 689 g/mol. The molecule has 9 rings (SSSR count). The van der Waals surface area contributed by atoms with Crippen molar-refractivity contribution in [3.05, 3.63) is 161 Å². The lowest BCUT2D eigenvalue weighted by Crippen LogP contribution is -2.38. The van der Waals surface area contributed by atoms with E-state index in [1.165, 1.54) is 11.3 Å². The van der Waals surface area contributed by atoms with Gasteiger partial charge in [-0.2, -0.15) is 5.10 Å². The molecule has 1 unspecified atom stereocenters. The molecular formula is C42H32N4O6S. The van der Waals surface area contributed by atoms with E-state index in [4.69, 9.17) is 28.7 Å². The number of benzene rings is 4. The van der Waals surface area contributed by atoms with Gasteiger partial charge in [0.15, 0.2) is 16.3 Å². The van der Waals surface area contributed by atoms with Crippen LogP contribution in [0.1, 0.15) is 34.7 Å². The summed E-state index contributed by atoms with van der Waals surface area (Å²) >= 11 is 1.30. The third kappa shape index (κ3) is 5.48. The number of fused-ring (bicyclic) bond motifs is 4. The Morgan fingerprint density at radius 3 is 2.45 bits per heavy atom. The van der Waals surface area contributed by atoms with Gasteiger partial charge in [-0.3, -0.25) is 9.36 Å². The standard InChI is InChI=1S/C42H32N4O6S/c1-49-29-15-17-30-24(19-29)13-16-31-38(30)43-42-46(39(31)26-14-18-34(50-2)35(21-26)51-3)40(47)36(53-42)22-27-23-45(28-10-5-4-6-11-28)44-37(27)32-20-25-9-7-8-12-33(25)52-41(32)48/h4-12,14-15,17-23,39H,13,16H2,1-3H3. The zero-order chi connectivity index (χ0) is 36.2. The molecule has 4 aromatic carbocycles. The van der Waals surface area contributed by atoms with Crippen LogP contribution in [0, 0.1) is 0 Å². The number of hydrogen-bond acceptors (Lipinski definition) is 9. The molecule has 0 spiro atoms. The number of hydrogen-bond donors (Lipinski definition) is 0. The summed E-state index contributed by atoms with van der Waals surface area (Å²) in [6, 6.07) is 30.1. The number of methoxy groups -OCH3 is 3. The number of para-hydroxylation sites is 2. The van der Waals surface area contributed by atoms with Gasteiger partial charge < -0.3 is 18.6 Å². The van der Waals surface area contributed by atoms with Crippen LogP contribution < -0.4 is 34.7 Å². The minimum absolute atomic E-state index is 0.204. The fraction of sp³-hybridized carbons (Fsp3) is 0.143. The zero-order valence-corrected chi connectivity index (χ0v) is 29.8. The Balaban J connectivity index is 1.28. The maximum atomic E-state index is 14.7. The summed E-state index contributed by atoms with van der Waals surface area (Å²) < 4.78 is 26.5. The van der Waals surface area contributed by atoms with Crippen molar-refractivity contribution in [2.45, 2.75) is 18.9 Å². The Labute approximate surface area is 306 Å². The summed E-state index contributed by atoms with van der Waals surface area (Å²) in [6.45, 7) is 0. The van der Waals surface area contributed by atoms with Crippen LogP contribution in [0.2, 0.25) is 0 Å². The summed E-state index contributed by atoms with van der Waals surface area (Å²) in [5, 5.41) is 5.64. The molecule has 1 aliphatic heterocycles. The second-order valence-corrected chi connectivity index (χ2v) is 13.8. The maximum Gasteiger partial charge on any atom is 0.345 e. The van der Waals surface area contributed by atoms with Crippen LogP contribution in [-0.4, -0.2) is 35.7 Å². The highest BCUT2D eigenvalue weighted by Crippen LogP contribution is 2.43. The molecule has 0 N–H and O–H groups in total. The minimum atomic E-state index is -0.519. The maximum absolute atomic E-state index is 14.7. The quantitative estimate of drug-likeness (QED) is 0.178. The average molecular weight is 721 g/mol. The van der Waals surface area contributed by atoms with Gasteiger partial charge in [-0.1, -0.05) is 53.8 Å².